The Morgan fingerprint density at radius 1 is 0.949 bits per heavy atom. The summed E-state index contributed by atoms with van der Waals surface area (Å²) in [6.07, 6.45) is 8.04. The third kappa shape index (κ3) is 10.6. The molecule has 1 heterocycles. The summed E-state index contributed by atoms with van der Waals surface area (Å²) >= 11 is 2.84. The molecule has 0 fully saturated rings. The molecule has 0 aliphatic heterocycles. The van der Waals surface area contributed by atoms with Gasteiger partial charge in [-0.2, -0.15) is 0 Å². The molecule has 3 aromatic carbocycles. The van der Waals surface area contributed by atoms with Gasteiger partial charge in [-0.1, -0.05) is 50.3 Å². The molecule has 6 nitrogen and oxygen atoms in total. The van der Waals surface area contributed by atoms with Crippen LogP contribution in [0.2, 0.25) is 0 Å². The number of hydrogen-bond acceptors (Lipinski definition) is 8. The molecule has 0 amide bonds. The number of nitrogens with two attached hydrogens (primary N) is 2. The Labute approximate surface area is 243 Å². The van der Waals surface area contributed by atoms with Gasteiger partial charge in [0, 0.05) is 52.1 Å². The van der Waals surface area contributed by atoms with Crippen LogP contribution >= 0.6 is 24.1 Å². The van der Waals surface area contributed by atoms with Crippen LogP contribution in [0.1, 0.15) is 46.1 Å². The number of benzene rings is 3. The summed E-state index contributed by atoms with van der Waals surface area (Å²) in [5.74, 6) is 0.740. The standard InChI is InChI=1S/C24H25N5S2.C4H8.C3H9N/c1-3-14-29(31-25)20-10-12-21(13-11-20)30-28-19-9-8-17(2)22(15-19)24-26-16-18-6-4-5-7-23(18)27-24;1-3-4-2;1-2-3-4/h4-13,15-16,28H,3,14,25H2,1-2H3;3-4H,1-2H3;2-4H2,1H3/b;4-3-;. The highest BCUT2D eigenvalue weighted by atomic mass is 32.2. The van der Waals surface area contributed by atoms with Crippen LogP contribution < -0.4 is 19.9 Å². The summed E-state index contributed by atoms with van der Waals surface area (Å²) in [4.78, 5) is 10.5. The zero-order valence-corrected chi connectivity index (χ0v) is 25.4. The van der Waals surface area contributed by atoms with E-state index in [2.05, 4.69) is 77.2 Å². The molecule has 0 radical (unpaired) electrons. The molecular weight excluding hydrogens is 521 g/mol. The summed E-state index contributed by atoms with van der Waals surface area (Å²) < 4.78 is 5.54. The lowest BCUT2D eigenvalue weighted by Gasteiger charge is -2.20. The normalized spacial score (nSPS) is 10.4. The molecule has 1 aromatic heterocycles. The second-order valence-corrected chi connectivity index (χ2v) is 10.2. The molecule has 0 saturated heterocycles. The first kappa shape index (κ1) is 32.2. The highest BCUT2D eigenvalue weighted by Gasteiger charge is 2.09. The Hall–Kier alpha value is -3.04. The first-order valence-corrected chi connectivity index (χ1v) is 14.9. The van der Waals surface area contributed by atoms with E-state index in [1.54, 1.807) is 11.9 Å². The van der Waals surface area contributed by atoms with Crippen LogP contribution in [0.4, 0.5) is 11.4 Å². The van der Waals surface area contributed by atoms with E-state index >= 15 is 0 Å². The van der Waals surface area contributed by atoms with Gasteiger partial charge in [-0.15, -0.1) is 0 Å². The van der Waals surface area contributed by atoms with Gasteiger partial charge in [0.25, 0.3) is 0 Å². The summed E-state index contributed by atoms with van der Waals surface area (Å²) in [7, 11) is 0. The number of nitrogens with one attached hydrogen (secondary N) is 1. The lowest BCUT2D eigenvalue weighted by atomic mass is 10.1. The van der Waals surface area contributed by atoms with E-state index in [0.29, 0.717) is 0 Å². The Bertz CT molecular complexity index is 1270. The predicted octanol–water partition coefficient (Wildman–Crippen LogP) is 8.40. The minimum atomic E-state index is 0.740. The van der Waals surface area contributed by atoms with Gasteiger partial charge in [-0.05, 0) is 100 Å². The van der Waals surface area contributed by atoms with Gasteiger partial charge in [0.15, 0.2) is 5.82 Å². The number of aromatic nitrogens is 2. The molecular formula is C31H42N6S2. The smallest absolute Gasteiger partial charge is 0.160 e. The number of hydrogen-bond donors (Lipinski definition) is 3. The Morgan fingerprint density at radius 3 is 2.26 bits per heavy atom. The van der Waals surface area contributed by atoms with Crippen LogP contribution in [0.25, 0.3) is 22.3 Å². The third-order valence-electron chi connectivity index (χ3n) is 5.55. The number of aryl methyl sites for hydroxylation is 1. The SMILES string of the molecule is C/C=C\C.CCCN.CCCN(SN)c1ccc(SNc2ccc(C)c(-c3ncc4ccccc4n3)c2)cc1. The van der Waals surface area contributed by atoms with Crippen molar-refractivity contribution in [1.29, 1.82) is 0 Å². The van der Waals surface area contributed by atoms with Crippen molar-refractivity contribution in [3.8, 4) is 11.4 Å². The number of anilines is 2. The fourth-order valence-corrected chi connectivity index (χ4v) is 4.44. The highest BCUT2D eigenvalue weighted by Crippen LogP contribution is 2.29. The van der Waals surface area contributed by atoms with Crippen LogP contribution in [0.3, 0.4) is 0 Å². The molecule has 4 aromatic rings. The summed E-state index contributed by atoms with van der Waals surface area (Å²) in [6.45, 7) is 12.0. The topological polar surface area (TPSA) is 93.1 Å². The fourth-order valence-electron chi connectivity index (χ4n) is 3.27. The maximum atomic E-state index is 5.78. The minimum absolute atomic E-state index is 0.740. The van der Waals surface area contributed by atoms with E-state index in [1.807, 2.05) is 56.5 Å². The lowest BCUT2D eigenvalue weighted by molar-refractivity contribution is 0.929. The van der Waals surface area contributed by atoms with Crippen LogP contribution in [-0.4, -0.2) is 23.1 Å². The zero-order chi connectivity index (χ0) is 28.5. The van der Waals surface area contributed by atoms with Crippen molar-refractivity contribution in [3.05, 3.63) is 90.6 Å². The Balaban J connectivity index is 0.000000590. The van der Waals surface area contributed by atoms with Gasteiger partial charge in [0.2, 0.25) is 0 Å². The van der Waals surface area contributed by atoms with Gasteiger partial charge >= 0.3 is 0 Å². The first-order valence-electron chi connectivity index (χ1n) is 13.3. The Kier molecular flexibility index (Phi) is 15.1. The van der Waals surface area contributed by atoms with Crippen molar-refractivity contribution in [2.75, 3.05) is 22.1 Å². The molecule has 0 atom stereocenters. The van der Waals surface area contributed by atoms with E-state index in [0.717, 1.165) is 70.1 Å². The molecule has 39 heavy (non-hydrogen) atoms. The van der Waals surface area contributed by atoms with Crippen molar-refractivity contribution in [2.45, 2.75) is 52.4 Å². The number of allylic oxidation sites excluding steroid dienone is 2. The monoisotopic (exact) mass is 562 g/mol. The number of nitrogens with zero attached hydrogens (tertiary/aromatic N) is 3. The summed E-state index contributed by atoms with van der Waals surface area (Å²) in [5, 5.41) is 6.83. The Morgan fingerprint density at radius 2 is 1.64 bits per heavy atom. The summed E-state index contributed by atoms with van der Waals surface area (Å²) in [6, 6.07) is 22.7. The molecule has 0 bridgehead atoms. The van der Waals surface area contributed by atoms with E-state index in [1.165, 1.54) is 12.1 Å². The van der Waals surface area contributed by atoms with Gasteiger partial charge in [-0.3, -0.25) is 5.14 Å². The van der Waals surface area contributed by atoms with Crippen LogP contribution in [0, 0.1) is 6.92 Å². The molecule has 0 saturated carbocycles. The lowest BCUT2D eigenvalue weighted by Crippen LogP contribution is -2.17. The van der Waals surface area contributed by atoms with Gasteiger partial charge in [-0.25, -0.2) is 9.97 Å². The van der Waals surface area contributed by atoms with Gasteiger partial charge < -0.3 is 14.8 Å². The van der Waals surface area contributed by atoms with E-state index in [4.69, 9.17) is 15.9 Å². The van der Waals surface area contributed by atoms with E-state index < -0.39 is 0 Å². The molecule has 0 aliphatic carbocycles. The van der Waals surface area contributed by atoms with Crippen LogP contribution in [0.5, 0.6) is 0 Å². The number of rotatable bonds is 9. The molecule has 0 aliphatic rings. The third-order valence-corrected chi connectivity index (χ3v) is 7.05. The highest BCUT2D eigenvalue weighted by molar-refractivity contribution is 8.00. The number of fused-ring (bicyclic) bond motifs is 1. The summed E-state index contributed by atoms with van der Waals surface area (Å²) in [5.41, 5.74) is 10.3. The average Bonchev–Trinajstić information content (AvgIpc) is 2.99. The van der Waals surface area contributed by atoms with Gasteiger partial charge in [0.1, 0.15) is 0 Å². The molecule has 5 N–H and O–H groups in total. The largest absolute Gasteiger partial charge is 0.330 e. The predicted molar refractivity (Wildman–Crippen MR) is 175 cm³/mol. The zero-order valence-electron chi connectivity index (χ0n) is 23.7. The van der Waals surface area contributed by atoms with Crippen LogP contribution in [-0.2, 0) is 0 Å². The number of para-hydroxylation sites is 1. The molecule has 8 heteroatoms. The first-order chi connectivity index (χ1) is 19.0. The van der Waals surface area contributed by atoms with E-state index in [9.17, 15) is 0 Å². The molecule has 208 valence electrons. The molecule has 4 rings (SSSR count). The average molecular weight is 563 g/mol. The van der Waals surface area contributed by atoms with Crippen molar-refractivity contribution < 1.29 is 0 Å². The van der Waals surface area contributed by atoms with Crippen LogP contribution in [0.15, 0.2) is 90.0 Å². The fraction of sp³-hybridized carbons (Fsp3) is 0.290. The maximum Gasteiger partial charge on any atom is 0.160 e. The van der Waals surface area contributed by atoms with Crippen molar-refractivity contribution >= 4 is 46.4 Å². The van der Waals surface area contributed by atoms with E-state index in [-0.39, 0.29) is 0 Å². The van der Waals surface area contributed by atoms with Crippen molar-refractivity contribution in [3.63, 3.8) is 0 Å². The minimum Gasteiger partial charge on any atom is -0.330 e. The molecule has 0 unspecified atom stereocenters. The van der Waals surface area contributed by atoms with Crippen molar-refractivity contribution in [1.82, 2.24) is 9.97 Å². The quantitative estimate of drug-likeness (QED) is 0.138. The molecule has 0 spiro atoms. The van der Waals surface area contributed by atoms with Gasteiger partial charge in [0.05, 0.1) is 5.52 Å². The second kappa shape index (κ2) is 18.3. The van der Waals surface area contributed by atoms with Crippen molar-refractivity contribution in [2.24, 2.45) is 10.9 Å². The maximum absolute atomic E-state index is 5.78. The second-order valence-electron chi connectivity index (χ2n) is 8.64.